The number of rotatable bonds is 6. The van der Waals surface area contributed by atoms with Gasteiger partial charge in [-0.1, -0.05) is 94.8 Å². The minimum atomic E-state index is -0.413. The summed E-state index contributed by atoms with van der Waals surface area (Å²) in [6.45, 7) is 0.614. The molecule has 0 saturated carbocycles. The van der Waals surface area contributed by atoms with E-state index in [-0.39, 0.29) is 0 Å². The Morgan fingerprint density at radius 3 is 2.15 bits per heavy atom. The summed E-state index contributed by atoms with van der Waals surface area (Å²) in [5.74, 6) is 0.735. The lowest BCUT2D eigenvalue weighted by Crippen LogP contribution is -2.06. The van der Waals surface area contributed by atoms with Crippen molar-refractivity contribution in [3.05, 3.63) is 136 Å². The van der Waals surface area contributed by atoms with Gasteiger partial charge in [0.05, 0.1) is 23.1 Å². The van der Waals surface area contributed by atoms with Crippen LogP contribution < -0.4 is 0 Å². The van der Waals surface area contributed by atoms with Crippen LogP contribution in [0.1, 0.15) is 27.3 Å². The van der Waals surface area contributed by atoms with Crippen molar-refractivity contribution in [3.63, 3.8) is 0 Å². The largest absolute Gasteiger partial charge is 0.422 e. The number of imidazole rings is 1. The van der Waals surface area contributed by atoms with Gasteiger partial charge in [0.1, 0.15) is 11.6 Å². The second kappa shape index (κ2) is 9.89. The molecule has 4 nitrogen and oxygen atoms in total. The van der Waals surface area contributed by atoms with E-state index in [1.54, 1.807) is 12.1 Å². The van der Waals surface area contributed by atoms with E-state index in [0.717, 1.165) is 26.6 Å². The molecule has 34 heavy (non-hydrogen) atoms. The number of para-hydroxylation sites is 2. The summed E-state index contributed by atoms with van der Waals surface area (Å²) < 4.78 is 9.07. The van der Waals surface area contributed by atoms with Crippen molar-refractivity contribution < 1.29 is 9.53 Å². The van der Waals surface area contributed by atoms with Crippen molar-refractivity contribution in [2.24, 2.45) is 0 Å². The van der Waals surface area contributed by atoms with Crippen LogP contribution >= 0.6 is 15.9 Å². The summed E-state index contributed by atoms with van der Waals surface area (Å²) in [6.07, 6.45) is 1.84. The predicted octanol–water partition coefficient (Wildman–Crippen LogP) is 7.20. The van der Waals surface area contributed by atoms with E-state index in [1.165, 1.54) is 0 Å². The van der Waals surface area contributed by atoms with Crippen LogP contribution in [-0.2, 0) is 11.3 Å². The van der Waals surface area contributed by atoms with E-state index in [0.29, 0.717) is 23.7 Å². The molecule has 0 fully saturated rings. The molecule has 0 amide bonds. The highest BCUT2D eigenvalue weighted by Gasteiger charge is 2.16. The van der Waals surface area contributed by atoms with Crippen LogP contribution in [-0.4, -0.2) is 15.5 Å². The smallest absolute Gasteiger partial charge is 0.343 e. The van der Waals surface area contributed by atoms with Crippen molar-refractivity contribution in [3.8, 4) is 0 Å². The van der Waals surface area contributed by atoms with E-state index < -0.39 is 5.97 Å². The van der Waals surface area contributed by atoms with Gasteiger partial charge < -0.3 is 9.30 Å². The molecule has 5 rings (SSSR count). The molecule has 1 heterocycles. The molecule has 0 radical (unpaired) electrons. The standard InChI is InChI=1S/C29H21BrN2O2/c30-24-16-8-7-15-23(24)20-32-26-18-10-9-17-25(26)31-28(32)19-27(21-11-3-1-4-12-21)34-29(33)22-13-5-2-6-14-22/h1-19H,20H2. The number of nitrogens with zero attached hydrogens (tertiary/aromatic N) is 2. The normalized spacial score (nSPS) is 11.5. The van der Waals surface area contributed by atoms with Gasteiger partial charge in [0.25, 0.3) is 0 Å². The van der Waals surface area contributed by atoms with Crippen molar-refractivity contribution in [2.45, 2.75) is 6.54 Å². The van der Waals surface area contributed by atoms with Gasteiger partial charge in [-0.15, -0.1) is 0 Å². The molecule has 0 spiro atoms. The summed E-state index contributed by atoms with van der Waals surface area (Å²) in [5.41, 5.74) is 4.30. The van der Waals surface area contributed by atoms with Gasteiger partial charge in [-0.05, 0) is 35.9 Å². The molecule has 1 aromatic heterocycles. The SMILES string of the molecule is O=C(OC(=Cc1nc2ccccc2n1Cc1ccccc1Br)c1ccccc1)c1ccccc1. The van der Waals surface area contributed by atoms with Gasteiger partial charge >= 0.3 is 5.97 Å². The van der Waals surface area contributed by atoms with E-state index in [4.69, 9.17) is 9.72 Å². The first kappa shape index (κ1) is 21.9. The van der Waals surface area contributed by atoms with Gasteiger partial charge in [-0.25, -0.2) is 9.78 Å². The van der Waals surface area contributed by atoms with Crippen LogP contribution in [0, 0.1) is 0 Å². The number of aromatic nitrogens is 2. The fourth-order valence-corrected chi connectivity index (χ4v) is 4.20. The third-order valence-electron chi connectivity index (χ3n) is 5.50. The number of esters is 1. The van der Waals surface area contributed by atoms with E-state index in [1.807, 2.05) is 91.0 Å². The number of hydrogen-bond acceptors (Lipinski definition) is 3. The number of carbonyl (C=O) groups excluding carboxylic acids is 1. The van der Waals surface area contributed by atoms with Crippen molar-refractivity contribution in [1.82, 2.24) is 9.55 Å². The molecule has 5 heteroatoms. The van der Waals surface area contributed by atoms with Gasteiger partial charge in [0, 0.05) is 16.1 Å². The Hall–Kier alpha value is -3.96. The lowest BCUT2D eigenvalue weighted by Gasteiger charge is -2.12. The maximum absolute atomic E-state index is 12.9. The topological polar surface area (TPSA) is 44.1 Å². The first-order valence-corrected chi connectivity index (χ1v) is 11.7. The minimum absolute atomic E-state index is 0.413. The van der Waals surface area contributed by atoms with Gasteiger partial charge in [0.2, 0.25) is 0 Å². The fraction of sp³-hybridized carbons (Fsp3) is 0.0345. The quantitative estimate of drug-likeness (QED) is 0.180. The maximum atomic E-state index is 12.9. The molecule has 0 bridgehead atoms. The number of halogens is 1. The average Bonchev–Trinajstić information content (AvgIpc) is 3.23. The van der Waals surface area contributed by atoms with E-state index in [9.17, 15) is 4.79 Å². The molecule has 0 aliphatic heterocycles. The molecule has 0 N–H and O–H groups in total. The highest BCUT2D eigenvalue weighted by atomic mass is 79.9. The number of ether oxygens (including phenoxy) is 1. The summed E-state index contributed by atoms with van der Waals surface area (Å²) in [7, 11) is 0. The Morgan fingerprint density at radius 2 is 1.41 bits per heavy atom. The lowest BCUT2D eigenvalue weighted by molar-refractivity contribution is 0.0693. The molecule has 0 saturated heterocycles. The van der Waals surface area contributed by atoms with Crippen LogP contribution in [0.4, 0.5) is 0 Å². The zero-order valence-corrected chi connectivity index (χ0v) is 19.9. The van der Waals surface area contributed by atoms with Crippen LogP contribution in [0.25, 0.3) is 22.9 Å². The first-order valence-electron chi connectivity index (χ1n) is 10.9. The van der Waals surface area contributed by atoms with Crippen LogP contribution in [0.5, 0.6) is 0 Å². The van der Waals surface area contributed by atoms with Crippen molar-refractivity contribution in [1.29, 1.82) is 0 Å². The molecule has 0 aliphatic carbocycles. The Kier molecular flexibility index (Phi) is 6.36. The van der Waals surface area contributed by atoms with Gasteiger partial charge in [0.15, 0.2) is 0 Å². The second-order valence-electron chi connectivity index (χ2n) is 7.77. The summed E-state index contributed by atoms with van der Waals surface area (Å²) in [4.78, 5) is 17.8. The molecule has 166 valence electrons. The Labute approximate surface area is 206 Å². The molecule has 0 unspecified atom stereocenters. The highest BCUT2D eigenvalue weighted by molar-refractivity contribution is 9.10. The summed E-state index contributed by atoms with van der Waals surface area (Å²) >= 11 is 3.66. The summed E-state index contributed by atoms with van der Waals surface area (Å²) in [6, 6.07) is 34.7. The monoisotopic (exact) mass is 508 g/mol. The Morgan fingerprint density at radius 1 is 0.794 bits per heavy atom. The zero-order valence-electron chi connectivity index (χ0n) is 18.3. The predicted molar refractivity (Wildman–Crippen MR) is 139 cm³/mol. The van der Waals surface area contributed by atoms with Crippen molar-refractivity contribution in [2.75, 3.05) is 0 Å². The molecular formula is C29H21BrN2O2. The van der Waals surface area contributed by atoms with Gasteiger partial charge in [-0.2, -0.15) is 0 Å². The van der Waals surface area contributed by atoms with Crippen LogP contribution in [0.15, 0.2) is 114 Å². The molecular weight excluding hydrogens is 488 g/mol. The number of benzene rings is 4. The first-order chi connectivity index (χ1) is 16.7. The van der Waals surface area contributed by atoms with Crippen LogP contribution in [0.3, 0.4) is 0 Å². The third-order valence-corrected chi connectivity index (χ3v) is 6.27. The number of fused-ring (bicyclic) bond motifs is 1. The molecule has 0 atom stereocenters. The van der Waals surface area contributed by atoms with Crippen molar-refractivity contribution >= 4 is 44.8 Å². The van der Waals surface area contributed by atoms with E-state index in [2.05, 4.69) is 32.6 Å². The van der Waals surface area contributed by atoms with Crippen LogP contribution in [0.2, 0.25) is 0 Å². The highest BCUT2D eigenvalue weighted by Crippen LogP contribution is 2.26. The summed E-state index contributed by atoms with van der Waals surface area (Å²) in [5, 5.41) is 0. The zero-order chi connectivity index (χ0) is 23.3. The number of hydrogen-bond donors (Lipinski definition) is 0. The number of carbonyl (C=O) groups is 1. The average molecular weight is 509 g/mol. The van der Waals surface area contributed by atoms with Gasteiger partial charge in [-0.3, -0.25) is 0 Å². The van der Waals surface area contributed by atoms with E-state index >= 15 is 0 Å². The minimum Gasteiger partial charge on any atom is -0.422 e. The second-order valence-corrected chi connectivity index (χ2v) is 8.62. The Balaban J connectivity index is 1.62. The third kappa shape index (κ3) is 4.70. The Bertz CT molecular complexity index is 1470. The maximum Gasteiger partial charge on any atom is 0.343 e. The fourth-order valence-electron chi connectivity index (χ4n) is 3.79. The molecule has 0 aliphatic rings. The lowest BCUT2D eigenvalue weighted by atomic mass is 10.1. The molecule has 4 aromatic carbocycles. The molecule has 5 aromatic rings.